The molecule has 0 radical (unpaired) electrons. The molecular formula is C23H20ClIN2O4. The first-order valence-electron chi connectivity index (χ1n) is 9.43. The second kappa shape index (κ2) is 11.0. The highest BCUT2D eigenvalue weighted by molar-refractivity contribution is 14.1. The zero-order chi connectivity index (χ0) is 22.2. The number of halogens is 2. The summed E-state index contributed by atoms with van der Waals surface area (Å²) in [5.74, 6) is 0.258. The van der Waals surface area contributed by atoms with Crippen LogP contribution in [0.4, 0.5) is 5.69 Å². The molecule has 3 rings (SSSR count). The predicted octanol–water partition coefficient (Wildman–Crippen LogP) is 6.07. The number of hydrazone groups is 1. The van der Waals surface area contributed by atoms with Crippen molar-refractivity contribution in [3.05, 3.63) is 85.9 Å². The molecule has 0 atom stereocenters. The number of nitrogens with one attached hydrogen (secondary N) is 1. The van der Waals surface area contributed by atoms with Crippen LogP contribution in [0.15, 0.2) is 65.8 Å². The standard InChI is InChI=1S/C23H20ClIN2O4/c1-2-30-21-11-15(13-26-27-18-8-5-7-16(12-18)23(28)29)10-20(25)22(21)31-14-17-6-3-4-9-19(17)24/h3-13,27H,2,14H2,1H3,(H,28,29)/b26-13-. The van der Waals surface area contributed by atoms with Crippen LogP contribution in [0.2, 0.25) is 5.02 Å². The van der Waals surface area contributed by atoms with Crippen LogP contribution in [-0.4, -0.2) is 23.9 Å². The van der Waals surface area contributed by atoms with E-state index in [-0.39, 0.29) is 5.56 Å². The molecule has 0 unspecified atom stereocenters. The first-order chi connectivity index (χ1) is 15.0. The van der Waals surface area contributed by atoms with Crippen molar-refractivity contribution in [1.82, 2.24) is 0 Å². The van der Waals surface area contributed by atoms with E-state index in [1.165, 1.54) is 12.1 Å². The Bertz CT molecular complexity index is 1100. The maximum absolute atomic E-state index is 11.1. The zero-order valence-corrected chi connectivity index (χ0v) is 19.6. The molecule has 3 aromatic rings. The van der Waals surface area contributed by atoms with Gasteiger partial charge in [0.15, 0.2) is 11.5 Å². The molecule has 0 aromatic heterocycles. The molecule has 0 fully saturated rings. The molecule has 0 spiro atoms. The minimum Gasteiger partial charge on any atom is -0.490 e. The van der Waals surface area contributed by atoms with Gasteiger partial charge in [0.2, 0.25) is 0 Å². The lowest BCUT2D eigenvalue weighted by Gasteiger charge is -2.15. The Hall–Kier alpha value is -2.78. The molecule has 0 aliphatic heterocycles. The summed E-state index contributed by atoms with van der Waals surface area (Å²) in [6.07, 6.45) is 1.63. The summed E-state index contributed by atoms with van der Waals surface area (Å²) < 4.78 is 12.7. The largest absolute Gasteiger partial charge is 0.490 e. The average Bonchev–Trinajstić information content (AvgIpc) is 2.75. The molecule has 0 aliphatic carbocycles. The Kier molecular flexibility index (Phi) is 8.13. The lowest BCUT2D eigenvalue weighted by atomic mass is 10.2. The highest BCUT2D eigenvalue weighted by atomic mass is 127. The van der Waals surface area contributed by atoms with Crippen LogP contribution in [-0.2, 0) is 6.61 Å². The van der Waals surface area contributed by atoms with Crippen molar-refractivity contribution in [2.75, 3.05) is 12.0 Å². The highest BCUT2D eigenvalue weighted by Gasteiger charge is 2.13. The van der Waals surface area contributed by atoms with Gasteiger partial charge in [0.25, 0.3) is 0 Å². The predicted molar refractivity (Wildman–Crippen MR) is 131 cm³/mol. The number of benzene rings is 3. The average molecular weight is 551 g/mol. The fourth-order valence-corrected chi connectivity index (χ4v) is 3.71. The van der Waals surface area contributed by atoms with Crippen molar-refractivity contribution in [2.24, 2.45) is 5.10 Å². The molecule has 0 amide bonds. The zero-order valence-electron chi connectivity index (χ0n) is 16.6. The third-order valence-corrected chi connectivity index (χ3v) is 5.35. The van der Waals surface area contributed by atoms with Crippen molar-refractivity contribution in [1.29, 1.82) is 0 Å². The topological polar surface area (TPSA) is 80.2 Å². The second-order valence-corrected chi connectivity index (χ2v) is 7.97. The SMILES string of the molecule is CCOc1cc(/C=N\Nc2cccc(C(=O)O)c2)cc(I)c1OCc1ccccc1Cl. The molecule has 31 heavy (non-hydrogen) atoms. The van der Waals surface area contributed by atoms with Crippen LogP contribution in [0, 0.1) is 3.57 Å². The van der Waals surface area contributed by atoms with Gasteiger partial charge >= 0.3 is 5.97 Å². The lowest BCUT2D eigenvalue weighted by Crippen LogP contribution is -2.03. The summed E-state index contributed by atoms with van der Waals surface area (Å²) >= 11 is 8.41. The van der Waals surface area contributed by atoms with Gasteiger partial charge < -0.3 is 14.6 Å². The molecule has 6 nitrogen and oxygen atoms in total. The van der Waals surface area contributed by atoms with Gasteiger partial charge in [-0.1, -0.05) is 35.9 Å². The Morgan fingerprint density at radius 2 is 1.97 bits per heavy atom. The smallest absolute Gasteiger partial charge is 0.335 e. The van der Waals surface area contributed by atoms with Gasteiger partial charge in [-0.05, 0) is 71.5 Å². The van der Waals surface area contributed by atoms with Gasteiger partial charge in [-0.25, -0.2) is 4.79 Å². The highest BCUT2D eigenvalue weighted by Crippen LogP contribution is 2.35. The summed E-state index contributed by atoms with van der Waals surface area (Å²) in [7, 11) is 0. The van der Waals surface area contributed by atoms with Gasteiger partial charge in [0.1, 0.15) is 6.61 Å². The minimum atomic E-state index is -0.990. The molecule has 0 heterocycles. The van der Waals surface area contributed by atoms with Gasteiger partial charge in [-0.2, -0.15) is 5.10 Å². The van der Waals surface area contributed by atoms with Crippen LogP contribution in [0.25, 0.3) is 0 Å². The number of carbonyl (C=O) groups is 1. The van der Waals surface area contributed by atoms with Crippen LogP contribution in [0.1, 0.15) is 28.4 Å². The van der Waals surface area contributed by atoms with E-state index in [0.717, 1.165) is 14.7 Å². The van der Waals surface area contributed by atoms with Crippen molar-refractivity contribution in [2.45, 2.75) is 13.5 Å². The first kappa shape index (κ1) is 22.9. The van der Waals surface area contributed by atoms with E-state index in [1.54, 1.807) is 18.3 Å². The number of anilines is 1. The van der Waals surface area contributed by atoms with Crippen molar-refractivity contribution in [3.63, 3.8) is 0 Å². The number of carboxylic acid groups (broad SMARTS) is 1. The Morgan fingerprint density at radius 1 is 1.16 bits per heavy atom. The first-order valence-corrected chi connectivity index (χ1v) is 10.9. The van der Waals surface area contributed by atoms with E-state index in [4.69, 9.17) is 26.2 Å². The molecule has 160 valence electrons. The molecule has 0 saturated carbocycles. The molecule has 2 N–H and O–H groups in total. The maximum atomic E-state index is 11.1. The van der Waals surface area contributed by atoms with E-state index in [9.17, 15) is 4.79 Å². The van der Waals surface area contributed by atoms with Gasteiger partial charge in [0.05, 0.1) is 27.6 Å². The summed E-state index contributed by atoms with van der Waals surface area (Å²) in [5.41, 5.74) is 5.31. The number of nitrogens with zero attached hydrogens (tertiary/aromatic N) is 1. The third-order valence-electron chi connectivity index (χ3n) is 4.18. The number of ether oxygens (including phenoxy) is 2. The summed E-state index contributed by atoms with van der Waals surface area (Å²) in [4.78, 5) is 11.1. The summed E-state index contributed by atoms with van der Waals surface area (Å²) in [5, 5.41) is 13.9. The third kappa shape index (κ3) is 6.35. The number of rotatable bonds is 9. The molecular weight excluding hydrogens is 531 g/mol. The van der Waals surface area contributed by atoms with Crippen molar-refractivity contribution >= 4 is 52.1 Å². The fourth-order valence-electron chi connectivity index (χ4n) is 2.73. The molecule has 8 heteroatoms. The monoisotopic (exact) mass is 550 g/mol. The number of hydrogen-bond acceptors (Lipinski definition) is 5. The quantitative estimate of drug-likeness (QED) is 0.192. The van der Waals surface area contributed by atoms with Crippen LogP contribution in [0.3, 0.4) is 0 Å². The van der Waals surface area contributed by atoms with E-state index >= 15 is 0 Å². The van der Waals surface area contributed by atoms with Gasteiger partial charge in [-0.3, -0.25) is 5.43 Å². The minimum absolute atomic E-state index is 0.188. The summed E-state index contributed by atoms with van der Waals surface area (Å²) in [6, 6.07) is 17.7. The maximum Gasteiger partial charge on any atom is 0.335 e. The molecule has 0 bridgehead atoms. The number of carboxylic acids is 1. The van der Waals surface area contributed by atoms with Crippen LogP contribution < -0.4 is 14.9 Å². The van der Waals surface area contributed by atoms with E-state index in [1.807, 2.05) is 43.3 Å². The van der Waals surface area contributed by atoms with Crippen molar-refractivity contribution in [3.8, 4) is 11.5 Å². The molecule has 3 aromatic carbocycles. The Balaban J connectivity index is 1.76. The van der Waals surface area contributed by atoms with E-state index < -0.39 is 5.97 Å². The summed E-state index contributed by atoms with van der Waals surface area (Å²) in [6.45, 7) is 2.71. The number of hydrogen-bond donors (Lipinski definition) is 2. The van der Waals surface area contributed by atoms with Gasteiger partial charge in [0, 0.05) is 10.6 Å². The number of aromatic carboxylic acids is 1. The second-order valence-electron chi connectivity index (χ2n) is 6.40. The van der Waals surface area contributed by atoms with Crippen LogP contribution >= 0.6 is 34.2 Å². The van der Waals surface area contributed by atoms with Crippen LogP contribution in [0.5, 0.6) is 11.5 Å². The van der Waals surface area contributed by atoms with Crippen molar-refractivity contribution < 1.29 is 19.4 Å². The van der Waals surface area contributed by atoms with E-state index in [2.05, 4.69) is 33.1 Å². The normalized spacial score (nSPS) is 10.8. The lowest BCUT2D eigenvalue weighted by molar-refractivity contribution is 0.0697. The van der Waals surface area contributed by atoms with Gasteiger partial charge in [-0.15, -0.1) is 0 Å². The Labute approximate surface area is 199 Å². The van der Waals surface area contributed by atoms with E-state index in [0.29, 0.717) is 35.4 Å². The Morgan fingerprint density at radius 3 is 2.71 bits per heavy atom. The molecule has 0 saturated heterocycles. The fraction of sp³-hybridized carbons (Fsp3) is 0.130. The molecule has 0 aliphatic rings.